The lowest BCUT2D eigenvalue weighted by atomic mass is 10.2. The van der Waals surface area contributed by atoms with Crippen LogP contribution >= 0.6 is 35.0 Å². The van der Waals surface area contributed by atoms with Crippen LogP contribution in [0.4, 0.5) is 5.69 Å². The standard InChI is InChI=1S/C25H25Cl2N5O4S/c1-15(2)36-24(35)17-8-10-19(27)20(12-17)29-23(34)14-37-25-31-30-21(32(25)3)13-28-22(33)11-9-16-6-4-5-7-18(16)26/h4-12,15H,13-14H2,1-3H3,(H,28,33)(H,29,34). The highest BCUT2D eigenvalue weighted by Crippen LogP contribution is 2.25. The van der Waals surface area contributed by atoms with Gasteiger partial charge < -0.3 is 19.9 Å². The smallest absolute Gasteiger partial charge is 0.338 e. The maximum absolute atomic E-state index is 12.5. The number of nitrogens with zero attached hydrogens (tertiary/aromatic N) is 3. The molecular formula is C25H25Cl2N5O4S. The summed E-state index contributed by atoms with van der Waals surface area (Å²) in [7, 11) is 1.74. The number of hydrogen-bond donors (Lipinski definition) is 2. The van der Waals surface area contributed by atoms with Gasteiger partial charge >= 0.3 is 5.97 Å². The van der Waals surface area contributed by atoms with Crippen LogP contribution in [0.15, 0.2) is 53.7 Å². The molecule has 2 amide bonds. The molecule has 0 unspecified atom stereocenters. The van der Waals surface area contributed by atoms with E-state index in [1.165, 1.54) is 24.3 Å². The third-order valence-corrected chi connectivity index (χ3v) is 6.51. The Morgan fingerprint density at radius 2 is 1.86 bits per heavy atom. The van der Waals surface area contributed by atoms with Gasteiger partial charge in [0.25, 0.3) is 0 Å². The molecule has 3 rings (SSSR count). The Labute approximate surface area is 228 Å². The lowest BCUT2D eigenvalue weighted by Crippen LogP contribution is -2.22. The zero-order chi connectivity index (χ0) is 26.9. The topological polar surface area (TPSA) is 115 Å². The fourth-order valence-electron chi connectivity index (χ4n) is 2.97. The first-order chi connectivity index (χ1) is 17.6. The molecule has 3 aromatic rings. The number of ether oxygens (including phenoxy) is 1. The number of carbonyl (C=O) groups is 3. The average Bonchev–Trinajstić information content (AvgIpc) is 3.21. The second-order valence-corrected chi connectivity index (χ2v) is 9.77. The van der Waals surface area contributed by atoms with E-state index in [4.69, 9.17) is 27.9 Å². The zero-order valence-electron chi connectivity index (χ0n) is 20.3. The van der Waals surface area contributed by atoms with E-state index < -0.39 is 5.97 Å². The van der Waals surface area contributed by atoms with Crippen molar-refractivity contribution in [3.8, 4) is 0 Å². The van der Waals surface area contributed by atoms with E-state index in [9.17, 15) is 14.4 Å². The lowest BCUT2D eigenvalue weighted by Gasteiger charge is -2.11. The van der Waals surface area contributed by atoms with E-state index in [1.54, 1.807) is 43.7 Å². The number of amides is 2. The number of anilines is 1. The normalized spacial score (nSPS) is 11.1. The Balaban J connectivity index is 1.52. The van der Waals surface area contributed by atoms with Crippen LogP contribution in [0, 0.1) is 0 Å². The number of hydrogen-bond acceptors (Lipinski definition) is 7. The first-order valence-corrected chi connectivity index (χ1v) is 12.9. The highest BCUT2D eigenvalue weighted by atomic mass is 35.5. The minimum Gasteiger partial charge on any atom is -0.459 e. The molecule has 2 N–H and O–H groups in total. The number of halogens is 2. The van der Waals surface area contributed by atoms with E-state index in [1.807, 2.05) is 12.1 Å². The molecule has 2 aromatic carbocycles. The Kier molecular flexibility index (Phi) is 10.1. The molecule has 0 aliphatic carbocycles. The number of benzene rings is 2. The van der Waals surface area contributed by atoms with Gasteiger partial charge in [-0.15, -0.1) is 10.2 Å². The predicted molar refractivity (Wildman–Crippen MR) is 145 cm³/mol. The molecule has 0 atom stereocenters. The molecule has 1 aromatic heterocycles. The Bertz CT molecular complexity index is 1330. The van der Waals surface area contributed by atoms with Gasteiger partial charge in [0.15, 0.2) is 11.0 Å². The van der Waals surface area contributed by atoms with E-state index >= 15 is 0 Å². The molecule has 0 aliphatic heterocycles. The zero-order valence-corrected chi connectivity index (χ0v) is 22.7. The van der Waals surface area contributed by atoms with Crippen LogP contribution in [0.25, 0.3) is 6.08 Å². The molecule has 0 aliphatic rings. The van der Waals surface area contributed by atoms with Gasteiger partial charge in [-0.25, -0.2) is 4.79 Å². The van der Waals surface area contributed by atoms with E-state index in [0.29, 0.717) is 26.7 Å². The molecule has 0 bridgehead atoms. The third-order valence-electron chi connectivity index (χ3n) is 4.82. The van der Waals surface area contributed by atoms with Crippen molar-refractivity contribution in [2.24, 2.45) is 7.05 Å². The van der Waals surface area contributed by atoms with Crippen molar-refractivity contribution in [2.75, 3.05) is 11.1 Å². The van der Waals surface area contributed by atoms with Gasteiger partial charge in [-0.2, -0.15) is 0 Å². The van der Waals surface area contributed by atoms with Crippen LogP contribution in [0.5, 0.6) is 0 Å². The highest BCUT2D eigenvalue weighted by Gasteiger charge is 2.15. The third kappa shape index (κ3) is 8.34. The predicted octanol–water partition coefficient (Wildman–Crippen LogP) is 4.75. The molecule has 1 heterocycles. The Morgan fingerprint density at radius 1 is 1.11 bits per heavy atom. The summed E-state index contributed by atoms with van der Waals surface area (Å²) < 4.78 is 6.86. The molecule has 0 spiro atoms. The van der Waals surface area contributed by atoms with E-state index in [0.717, 1.165) is 17.3 Å². The summed E-state index contributed by atoms with van der Waals surface area (Å²) >= 11 is 13.4. The number of esters is 1. The van der Waals surface area contributed by atoms with Crippen molar-refractivity contribution in [2.45, 2.75) is 31.7 Å². The van der Waals surface area contributed by atoms with Gasteiger partial charge in [0.2, 0.25) is 11.8 Å². The summed E-state index contributed by atoms with van der Waals surface area (Å²) in [6.45, 7) is 3.65. The summed E-state index contributed by atoms with van der Waals surface area (Å²) in [6.07, 6.45) is 2.75. The van der Waals surface area contributed by atoms with Crippen LogP contribution in [0.3, 0.4) is 0 Å². The summed E-state index contributed by atoms with van der Waals surface area (Å²) in [5.74, 6) is -0.622. The molecule has 9 nitrogen and oxygen atoms in total. The van der Waals surface area contributed by atoms with Gasteiger partial charge in [-0.3, -0.25) is 9.59 Å². The van der Waals surface area contributed by atoms with E-state index in [2.05, 4.69) is 20.8 Å². The second-order valence-electron chi connectivity index (χ2n) is 8.02. The lowest BCUT2D eigenvalue weighted by molar-refractivity contribution is -0.116. The van der Waals surface area contributed by atoms with Crippen LogP contribution in [-0.4, -0.2) is 44.4 Å². The largest absolute Gasteiger partial charge is 0.459 e. The van der Waals surface area contributed by atoms with Crippen LogP contribution < -0.4 is 10.6 Å². The maximum atomic E-state index is 12.5. The maximum Gasteiger partial charge on any atom is 0.338 e. The van der Waals surface area contributed by atoms with Crippen molar-refractivity contribution in [3.05, 3.63) is 75.5 Å². The van der Waals surface area contributed by atoms with Crippen molar-refractivity contribution >= 4 is 64.5 Å². The van der Waals surface area contributed by atoms with Crippen LogP contribution in [0.2, 0.25) is 10.0 Å². The number of carbonyl (C=O) groups excluding carboxylic acids is 3. The van der Waals surface area contributed by atoms with Crippen LogP contribution in [0.1, 0.15) is 35.6 Å². The first-order valence-electron chi connectivity index (χ1n) is 11.2. The number of thioether (sulfide) groups is 1. The summed E-state index contributed by atoms with van der Waals surface area (Å²) in [5, 5.41) is 14.9. The van der Waals surface area contributed by atoms with Gasteiger partial charge in [-0.05, 0) is 49.8 Å². The van der Waals surface area contributed by atoms with Crippen molar-refractivity contribution in [1.82, 2.24) is 20.1 Å². The first kappa shape index (κ1) is 28.2. The second kappa shape index (κ2) is 13.3. The van der Waals surface area contributed by atoms with Gasteiger partial charge in [0.1, 0.15) is 0 Å². The SMILES string of the molecule is CC(C)OC(=O)c1ccc(Cl)c(NC(=O)CSc2nnc(CNC(=O)C=Cc3ccccc3Cl)n2C)c1. The van der Waals surface area contributed by atoms with E-state index in [-0.39, 0.29) is 35.8 Å². The number of aromatic nitrogens is 3. The quantitative estimate of drug-likeness (QED) is 0.208. The van der Waals surface area contributed by atoms with Crippen molar-refractivity contribution in [1.29, 1.82) is 0 Å². The average molecular weight is 562 g/mol. The molecule has 0 saturated carbocycles. The minimum atomic E-state index is -0.505. The number of nitrogens with one attached hydrogen (secondary N) is 2. The fraction of sp³-hybridized carbons (Fsp3) is 0.240. The van der Waals surface area contributed by atoms with Crippen molar-refractivity contribution in [3.63, 3.8) is 0 Å². The molecule has 0 fully saturated rings. The van der Waals surface area contributed by atoms with Crippen LogP contribution in [-0.2, 0) is 27.9 Å². The van der Waals surface area contributed by atoms with Gasteiger partial charge in [0, 0.05) is 18.1 Å². The minimum absolute atomic E-state index is 0.0237. The Hall–Kier alpha value is -3.34. The summed E-state index contributed by atoms with van der Waals surface area (Å²) in [6, 6.07) is 11.7. The summed E-state index contributed by atoms with van der Waals surface area (Å²) in [4.78, 5) is 36.8. The monoisotopic (exact) mass is 561 g/mol. The molecule has 0 saturated heterocycles. The Morgan fingerprint density at radius 3 is 2.59 bits per heavy atom. The highest BCUT2D eigenvalue weighted by molar-refractivity contribution is 7.99. The number of rotatable bonds is 10. The van der Waals surface area contributed by atoms with Gasteiger partial charge in [-0.1, -0.05) is 53.2 Å². The fourth-order valence-corrected chi connectivity index (χ4v) is 4.07. The molecule has 12 heteroatoms. The summed E-state index contributed by atoms with van der Waals surface area (Å²) in [5.41, 5.74) is 1.32. The molecular weight excluding hydrogens is 537 g/mol. The van der Waals surface area contributed by atoms with Crippen molar-refractivity contribution < 1.29 is 19.1 Å². The molecule has 194 valence electrons. The van der Waals surface area contributed by atoms with Gasteiger partial charge in [0.05, 0.1) is 34.7 Å². The molecule has 37 heavy (non-hydrogen) atoms. The molecule has 0 radical (unpaired) electrons.